The van der Waals surface area contributed by atoms with Crippen LogP contribution in [0.4, 0.5) is 17.1 Å². The largest absolute Gasteiger partial charge is 0.455 e. The molecule has 0 amide bonds. The Hall–Kier alpha value is -7.42. The molecule has 0 saturated carbocycles. The fourth-order valence-electron chi connectivity index (χ4n) is 10.1. The van der Waals surface area contributed by atoms with Crippen molar-refractivity contribution < 1.29 is 4.42 Å². The number of anilines is 3. The average molecular weight is 754 g/mol. The van der Waals surface area contributed by atoms with E-state index >= 15 is 0 Å². The second-order valence-corrected chi connectivity index (χ2v) is 16.4. The molecule has 10 aromatic carbocycles. The van der Waals surface area contributed by atoms with Crippen LogP contribution in [-0.4, -0.2) is 0 Å². The van der Waals surface area contributed by atoms with Gasteiger partial charge in [0.1, 0.15) is 11.2 Å². The van der Waals surface area contributed by atoms with E-state index in [1.54, 1.807) is 0 Å². The van der Waals surface area contributed by atoms with E-state index in [0.717, 1.165) is 49.8 Å². The number of hydrogen-bond donors (Lipinski definition) is 0. The van der Waals surface area contributed by atoms with Crippen LogP contribution in [0.1, 0.15) is 25.0 Å². The molecule has 0 saturated heterocycles. The highest BCUT2D eigenvalue weighted by Gasteiger charge is 2.38. The van der Waals surface area contributed by atoms with Gasteiger partial charge >= 0.3 is 0 Å². The summed E-state index contributed by atoms with van der Waals surface area (Å²) in [7, 11) is 0. The van der Waals surface area contributed by atoms with Crippen molar-refractivity contribution in [3.05, 3.63) is 211 Å². The van der Waals surface area contributed by atoms with Gasteiger partial charge in [0.15, 0.2) is 0 Å². The first-order valence-electron chi connectivity index (χ1n) is 20.5. The minimum atomic E-state index is -0.202. The van der Waals surface area contributed by atoms with Gasteiger partial charge in [-0.05, 0) is 120 Å². The van der Waals surface area contributed by atoms with Crippen molar-refractivity contribution in [1.82, 2.24) is 0 Å². The molecule has 1 heterocycles. The van der Waals surface area contributed by atoms with Crippen LogP contribution in [0.5, 0.6) is 0 Å². The Kier molecular flexibility index (Phi) is 7.31. The standard InChI is InChI=1S/C57H39NO/c1-57(2)51-25-10-9-22-47(51)48-24-12-26-52(55(48)57)58(40-31-28-37(29-32-40)50-35-39-15-4-5-18-42(39)45-20-7-8-21-46(45)50)41-17-11-16-38(34-41)43-23-13-27-53-54(43)49-33-30-36-14-3-6-19-44(36)56(49)59-53/h3-35H,1-2H3. The molecule has 11 aromatic rings. The van der Waals surface area contributed by atoms with Crippen molar-refractivity contribution in [2.24, 2.45) is 0 Å². The lowest BCUT2D eigenvalue weighted by Crippen LogP contribution is -2.20. The van der Waals surface area contributed by atoms with Crippen molar-refractivity contribution in [2.45, 2.75) is 19.3 Å². The number of hydrogen-bond acceptors (Lipinski definition) is 2. The first kappa shape index (κ1) is 33.7. The second-order valence-electron chi connectivity index (χ2n) is 16.4. The van der Waals surface area contributed by atoms with Gasteiger partial charge in [-0.3, -0.25) is 0 Å². The molecule has 59 heavy (non-hydrogen) atoms. The molecule has 0 spiro atoms. The molecule has 0 aliphatic heterocycles. The summed E-state index contributed by atoms with van der Waals surface area (Å²) in [5.41, 5.74) is 15.1. The lowest BCUT2D eigenvalue weighted by Gasteiger charge is -2.32. The highest BCUT2D eigenvalue weighted by atomic mass is 16.3. The molecule has 0 atom stereocenters. The number of benzene rings is 10. The van der Waals surface area contributed by atoms with E-state index in [1.807, 2.05) is 0 Å². The van der Waals surface area contributed by atoms with Crippen LogP contribution in [0, 0.1) is 0 Å². The van der Waals surface area contributed by atoms with Gasteiger partial charge < -0.3 is 9.32 Å². The van der Waals surface area contributed by atoms with E-state index in [-0.39, 0.29) is 5.41 Å². The van der Waals surface area contributed by atoms with Gasteiger partial charge in [-0.2, -0.15) is 0 Å². The van der Waals surface area contributed by atoms with Gasteiger partial charge in [-0.1, -0.05) is 166 Å². The summed E-state index contributed by atoms with van der Waals surface area (Å²) < 4.78 is 6.64. The first-order chi connectivity index (χ1) is 29.0. The average Bonchev–Trinajstić information content (AvgIpc) is 3.79. The third kappa shape index (κ3) is 5.06. The Balaban J connectivity index is 1.06. The Morgan fingerprint density at radius 3 is 1.95 bits per heavy atom. The minimum Gasteiger partial charge on any atom is -0.455 e. The number of furan rings is 1. The Bertz CT molecular complexity index is 3480. The highest BCUT2D eigenvalue weighted by molar-refractivity contribution is 6.19. The molecule has 1 aliphatic rings. The summed E-state index contributed by atoms with van der Waals surface area (Å²) in [4.78, 5) is 2.47. The normalized spacial score (nSPS) is 13.1. The van der Waals surface area contributed by atoms with Crippen molar-refractivity contribution >= 4 is 71.3 Å². The van der Waals surface area contributed by atoms with Gasteiger partial charge in [-0.15, -0.1) is 0 Å². The molecular formula is C57H39NO. The molecule has 0 N–H and O–H groups in total. The molecule has 278 valence electrons. The maximum atomic E-state index is 6.64. The molecule has 0 fully saturated rings. The van der Waals surface area contributed by atoms with Gasteiger partial charge in [0.05, 0.1) is 5.69 Å². The van der Waals surface area contributed by atoms with Gasteiger partial charge in [-0.25, -0.2) is 0 Å². The second kappa shape index (κ2) is 12.8. The minimum absolute atomic E-state index is 0.202. The van der Waals surface area contributed by atoms with E-state index in [2.05, 4.69) is 219 Å². The summed E-state index contributed by atoms with van der Waals surface area (Å²) in [5.74, 6) is 0. The van der Waals surface area contributed by atoms with Crippen LogP contribution in [0.3, 0.4) is 0 Å². The zero-order chi connectivity index (χ0) is 39.2. The van der Waals surface area contributed by atoms with Gasteiger partial charge in [0, 0.05) is 32.9 Å². The molecule has 0 unspecified atom stereocenters. The van der Waals surface area contributed by atoms with Crippen LogP contribution in [0.2, 0.25) is 0 Å². The lowest BCUT2D eigenvalue weighted by molar-refractivity contribution is 0.661. The summed E-state index contributed by atoms with van der Waals surface area (Å²) in [6.45, 7) is 4.75. The summed E-state index contributed by atoms with van der Waals surface area (Å²) >= 11 is 0. The van der Waals surface area contributed by atoms with E-state index < -0.39 is 0 Å². The van der Waals surface area contributed by atoms with Crippen molar-refractivity contribution in [2.75, 3.05) is 4.90 Å². The molecule has 2 heteroatoms. The van der Waals surface area contributed by atoms with Crippen molar-refractivity contribution in [3.63, 3.8) is 0 Å². The Morgan fingerprint density at radius 2 is 1.08 bits per heavy atom. The maximum Gasteiger partial charge on any atom is 0.143 e. The summed E-state index contributed by atoms with van der Waals surface area (Å²) in [5, 5.41) is 9.65. The smallest absolute Gasteiger partial charge is 0.143 e. The Labute approximate surface area is 343 Å². The lowest BCUT2D eigenvalue weighted by atomic mass is 9.81. The number of nitrogens with zero attached hydrogens (tertiary/aromatic N) is 1. The Morgan fingerprint density at radius 1 is 0.407 bits per heavy atom. The monoisotopic (exact) mass is 753 g/mol. The third-order valence-corrected chi connectivity index (χ3v) is 12.8. The van der Waals surface area contributed by atoms with Crippen molar-refractivity contribution in [1.29, 1.82) is 0 Å². The van der Waals surface area contributed by atoms with Crippen LogP contribution in [0.15, 0.2) is 205 Å². The fourth-order valence-corrected chi connectivity index (χ4v) is 10.1. The van der Waals surface area contributed by atoms with E-state index in [0.29, 0.717) is 0 Å². The predicted molar refractivity (Wildman–Crippen MR) is 249 cm³/mol. The summed E-state index contributed by atoms with van der Waals surface area (Å²) in [6, 6.07) is 73.2. The van der Waals surface area contributed by atoms with Crippen LogP contribution in [-0.2, 0) is 5.41 Å². The topological polar surface area (TPSA) is 16.4 Å². The third-order valence-electron chi connectivity index (χ3n) is 12.8. The fraction of sp³-hybridized carbons (Fsp3) is 0.0526. The van der Waals surface area contributed by atoms with Crippen molar-refractivity contribution in [3.8, 4) is 33.4 Å². The van der Waals surface area contributed by atoms with E-state index in [1.165, 1.54) is 66.0 Å². The molecule has 2 nitrogen and oxygen atoms in total. The van der Waals surface area contributed by atoms with Crippen LogP contribution in [0.25, 0.3) is 87.6 Å². The zero-order valence-corrected chi connectivity index (χ0v) is 32.9. The van der Waals surface area contributed by atoms with E-state index in [4.69, 9.17) is 4.42 Å². The summed E-state index contributed by atoms with van der Waals surface area (Å²) in [6.07, 6.45) is 0. The molecule has 12 rings (SSSR count). The van der Waals surface area contributed by atoms with Crippen LogP contribution >= 0.6 is 0 Å². The molecule has 1 aliphatic carbocycles. The molecule has 0 bridgehead atoms. The maximum absolute atomic E-state index is 6.64. The first-order valence-corrected chi connectivity index (χ1v) is 20.5. The molecule has 0 radical (unpaired) electrons. The molecule has 1 aromatic heterocycles. The SMILES string of the molecule is CC1(C)c2ccccc2-c2cccc(N(c3ccc(-c4cc5ccccc5c5ccccc45)cc3)c3cccc(-c4cccc5oc6c7ccccc7ccc6c45)c3)c21. The van der Waals surface area contributed by atoms with Gasteiger partial charge in [0.25, 0.3) is 0 Å². The number of fused-ring (bicyclic) bond motifs is 11. The molecular weight excluding hydrogens is 715 g/mol. The quantitative estimate of drug-likeness (QED) is 0.163. The predicted octanol–water partition coefficient (Wildman–Crippen LogP) is 16.2. The van der Waals surface area contributed by atoms with Crippen LogP contribution < -0.4 is 4.90 Å². The zero-order valence-electron chi connectivity index (χ0n) is 32.9. The van der Waals surface area contributed by atoms with E-state index in [9.17, 15) is 0 Å². The number of rotatable bonds is 5. The highest BCUT2D eigenvalue weighted by Crippen LogP contribution is 2.54. The van der Waals surface area contributed by atoms with Gasteiger partial charge in [0.2, 0.25) is 0 Å².